The second-order valence-corrected chi connectivity index (χ2v) is 9.33. The molecule has 1 fully saturated rings. The number of hydrogen-bond acceptors (Lipinski definition) is 3. The maximum absolute atomic E-state index is 14.0. The van der Waals surface area contributed by atoms with E-state index in [9.17, 15) is 22.4 Å². The average Bonchev–Trinajstić information content (AvgIpc) is 3.24. The van der Waals surface area contributed by atoms with Gasteiger partial charge in [-0.3, -0.25) is 9.20 Å². The second-order valence-electron chi connectivity index (χ2n) is 9.33. The number of amides is 1. The lowest BCUT2D eigenvalue weighted by Gasteiger charge is -2.34. The fourth-order valence-electron chi connectivity index (χ4n) is 4.93. The highest BCUT2D eigenvalue weighted by Gasteiger charge is 2.30. The Morgan fingerprint density at radius 2 is 1.70 bits per heavy atom. The standard InChI is InChI=1S/C28H26F4N4O/c1-18-25(36-14-2-3-24(29)26(36)34-18)27(37)33-17-19-4-10-23(11-5-19)35-15-12-21(13-16-35)20-6-8-22(9-7-20)28(30,31)32/h2-11,14,21H,12-13,15-17H2,1H3,(H,33,37). The Hall–Kier alpha value is -3.88. The molecule has 1 aliphatic rings. The number of rotatable bonds is 5. The first-order valence-corrected chi connectivity index (χ1v) is 12.1. The van der Waals surface area contributed by atoms with Crippen LogP contribution in [-0.2, 0) is 12.7 Å². The summed E-state index contributed by atoms with van der Waals surface area (Å²) in [7, 11) is 0. The van der Waals surface area contributed by atoms with Crippen molar-refractivity contribution in [3.8, 4) is 0 Å². The minimum atomic E-state index is -4.32. The molecule has 5 rings (SSSR count). The molecule has 1 amide bonds. The normalized spacial score (nSPS) is 14.8. The van der Waals surface area contributed by atoms with Crippen LogP contribution in [0.4, 0.5) is 23.2 Å². The fraction of sp³-hybridized carbons (Fsp3) is 0.286. The van der Waals surface area contributed by atoms with Gasteiger partial charge in [-0.15, -0.1) is 0 Å². The fourth-order valence-corrected chi connectivity index (χ4v) is 4.93. The molecule has 2 aromatic carbocycles. The largest absolute Gasteiger partial charge is 0.416 e. The molecule has 0 saturated carbocycles. The van der Waals surface area contributed by atoms with Gasteiger partial charge in [0.15, 0.2) is 11.5 Å². The number of imidazole rings is 1. The van der Waals surface area contributed by atoms with Gasteiger partial charge in [0, 0.05) is 31.5 Å². The van der Waals surface area contributed by atoms with Gasteiger partial charge in [0.05, 0.1) is 11.3 Å². The van der Waals surface area contributed by atoms with Crippen molar-refractivity contribution in [2.75, 3.05) is 18.0 Å². The Balaban J connectivity index is 1.16. The van der Waals surface area contributed by atoms with E-state index in [0.29, 0.717) is 17.9 Å². The molecule has 0 unspecified atom stereocenters. The van der Waals surface area contributed by atoms with E-state index in [1.54, 1.807) is 25.3 Å². The molecule has 0 aliphatic carbocycles. The lowest BCUT2D eigenvalue weighted by Crippen LogP contribution is -2.32. The number of hydrogen-bond donors (Lipinski definition) is 1. The summed E-state index contributed by atoms with van der Waals surface area (Å²) in [6.07, 6.45) is -0.975. The van der Waals surface area contributed by atoms with Gasteiger partial charge in [-0.2, -0.15) is 13.2 Å². The van der Waals surface area contributed by atoms with E-state index in [1.165, 1.54) is 16.5 Å². The zero-order chi connectivity index (χ0) is 26.2. The Labute approximate surface area is 211 Å². The van der Waals surface area contributed by atoms with Crippen LogP contribution >= 0.6 is 0 Å². The lowest BCUT2D eigenvalue weighted by molar-refractivity contribution is -0.137. The van der Waals surface area contributed by atoms with Gasteiger partial charge in [0.25, 0.3) is 5.91 Å². The summed E-state index contributed by atoms with van der Waals surface area (Å²) in [5, 5.41) is 2.88. The predicted octanol–water partition coefficient (Wildman–Crippen LogP) is 6.11. The first-order valence-electron chi connectivity index (χ1n) is 12.1. The smallest absolute Gasteiger partial charge is 0.371 e. The molecule has 192 valence electrons. The van der Waals surface area contributed by atoms with Gasteiger partial charge in [-0.25, -0.2) is 9.37 Å². The summed E-state index contributed by atoms with van der Waals surface area (Å²) in [4.78, 5) is 19.2. The molecule has 0 radical (unpaired) electrons. The molecule has 0 spiro atoms. The summed E-state index contributed by atoms with van der Waals surface area (Å²) in [5.74, 6) is -0.571. The minimum Gasteiger partial charge on any atom is -0.371 e. The van der Waals surface area contributed by atoms with Crippen LogP contribution in [0.25, 0.3) is 5.65 Å². The number of benzene rings is 2. The Kier molecular flexibility index (Phi) is 6.62. The number of alkyl halides is 3. The van der Waals surface area contributed by atoms with Crippen molar-refractivity contribution >= 4 is 17.2 Å². The summed E-state index contributed by atoms with van der Waals surface area (Å²) in [6.45, 7) is 3.62. The quantitative estimate of drug-likeness (QED) is 0.330. The highest BCUT2D eigenvalue weighted by atomic mass is 19.4. The molecule has 1 aliphatic heterocycles. The number of piperidine rings is 1. The molecular formula is C28H26F4N4O. The molecule has 2 aromatic heterocycles. The van der Waals surface area contributed by atoms with Crippen LogP contribution in [-0.4, -0.2) is 28.4 Å². The van der Waals surface area contributed by atoms with Crippen molar-refractivity contribution in [3.63, 3.8) is 0 Å². The summed E-state index contributed by atoms with van der Waals surface area (Å²) < 4.78 is 53.9. The van der Waals surface area contributed by atoms with Crippen molar-refractivity contribution in [1.29, 1.82) is 0 Å². The number of pyridine rings is 1. The number of fused-ring (bicyclic) bond motifs is 1. The Morgan fingerprint density at radius 1 is 1.03 bits per heavy atom. The average molecular weight is 511 g/mol. The second kappa shape index (κ2) is 9.88. The van der Waals surface area contributed by atoms with Crippen LogP contribution in [0.15, 0.2) is 66.9 Å². The van der Waals surface area contributed by atoms with E-state index in [4.69, 9.17) is 0 Å². The Bertz CT molecular complexity index is 1400. The van der Waals surface area contributed by atoms with Gasteiger partial charge in [0.1, 0.15) is 5.69 Å². The van der Waals surface area contributed by atoms with Gasteiger partial charge in [-0.1, -0.05) is 24.3 Å². The zero-order valence-corrected chi connectivity index (χ0v) is 20.2. The topological polar surface area (TPSA) is 49.6 Å². The highest BCUT2D eigenvalue weighted by molar-refractivity contribution is 5.94. The number of aryl methyl sites for hydroxylation is 1. The number of nitrogens with one attached hydrogen (secondary N) is 1. The van der Waals surface area contributed by atoms with Crippen LogP contribution < -0.4 is 10.2 Å². The molecule has 5 nitrogen and oxygen atoms in total. The van der Waals surface area contributed by atoms with Crippen LogP contribution in [0.1, 0.15) is 51.6 Å². The van der Waals surface area contributed by atoms with E-state index in [0.717, 1.165) is 54.9 Å². The SMILES string of the molecule is Cc1nc2c(F)cccn2c1C(=O)NCc1ccc(N2CCC(c3ccc(C(F)(F)F)cc3)CC2)cc1. The third-order valence-corrected chi connectivity index (χ3v) is 6.95. The number of halogens is 4. The number of carbonyl (C=O) groups is 1. The van der Waals surface area contributed by atoms with Gasteiger partial charge in [-0.05, 0) is 73.2 Å². The third-order valence-electron chi connectivity index (χ3n) is 6.95. The first-order chi connectivity index (χ1) is 17.7. The third kappa shape index (κ3) is 5.16. The van der Waals surface area contributed by atoms with Crippen LogP contribution in [0.3, 0.4) is 0 Å². The van der Waals surface area contributed by atoms with E-state index in [1.807, 2.05) is 24.3 Å². The maximum atomic E-state index is 14.0. The van der Waals surface area contributed by atoms with Gasteiger partial charge in [0.2, 0.25) is 0 Å². The highest BCUT2D eigenvalue weighted by Crippen LogP contribution is 2.34. The minimum absolute atomic E-state index is 0.122. The van der Waals surface area contributed by atoms with Crippen molar-refractivity contribution in [2.24, 2.45) is 0 Å². The van der Waals surface area contributed by atoms with Crippen molar-refractivity contribution in [2.45, 2.75) is 38.4 Å². The van der Waals surface area contributed by atoms with Crippen molar-refractivity contribution in [3.05, 3.63) is 101 Å². The molecule has 3 heterocycles. The maximum Gasteiger partial charge on any atom is 0.416 e. The first kappa shape index (κ1) is 24.8. The molecule has 1 saturated heterocycles. The van der Waals surface area contributed by atoms with Gasteiger partial charge >= 0.3 is 6.18 Å². The zero-order valence-electron chi connectivity index (χ0n) is 20.2. The summed E-state index contributed by atoms with van der Waals surface area (Å²) >= 11 is 0. The molecular weight excluding hydrogens is 484 g/mol. The van der Waals surface area contributed by atoms with Crippen LogP contribution in [0.2, 0.25) is 0 Å². The number of anilines is 1. The molecule has 1 N–H and O–H groups in total. The molecule has 0 bridgehead atoms. The molecule has 9 heteroatoms. The number of nitrogens with zero attached hydrogens (tertiary/aromatic N) is 3. The summed E-state index contributed by atoms with van der Waals surface area (Å²) in [5.41, 5.74) is 3.20. The monoisotopic (exact) mass is 510 g/mol. The lowest BCUT2D eigenvalue weighted by atomic mass is 9.88. The van der Waals surface area contributed by atoms with Crippen LogP contribution in [0, 0.1) is 12.7 Å². The number of carbonyl (C=O) groups excluding carboxylic acids is 1. The number of aromatic nitrogens is 2. The van der Waals surface area contributed by atoms with E-state index in [2.05, 4.69) is 15.2 Å². The predicted molar refractivity (Wildman–Crippen MR) is 133 cm³/mol. The molecule has 0 atom stereocenters. The van der Waals surface area contributed by atoms with E-state index in [-0.39, 0.29) is 17.5 Å². The van der Waals surface area contributed by atoms with Gasteiger partial charge < -0.3 is 10.2 Å². The van der Waals surface area contributed by atoms with E-state index >= 15 is 0 Å². The molecule has 4 aromatic rings. The van der Waals surface area contributed by atoms with Crippen molar-refractivity contribution < 1.29 is 22.4 Å². The van der Waals surface area contributed by atoms with Crippen molar-refractivity contribution in [1.82, 2.24) is 14.7 Å². The molecule has 37 heavy (non-hydrogen) atoms. The Morgan fingerprint density at radius 3 is 2.35 bits per heavy atom. The summed E-state index contributed by atoms with van der Waals surface area (Å²) in [6, 6.07) is 16.3. The van der Waals surface area contributed by atoms with Crippen LogP contribution in [0.5, 0.6) is 0 Å². The van der Waals surface area contributed by atoms with E-state index < -0.39 is 17.6 Å².